The Bertz CT molecular complexity index is 1240. The molecule has 4 rings (SSSR count). The minimum absolute atomic E-state index is 0. The lowest BCUT2D eigenvalue weighted by Crippen LogP contribution is -2.43. The van der Waals surface area contributed by atoms with Crippen molar-refractivity contribution in [3.8, 4) is 0 Å². The number of aromatic nitrogens is 1. The molecular formula is C23H28ClN3O4S3. The van der Waals surface area contributed by atoms with Crippen LogP contribution >= 0.6 is 35.5 Å². The molecule has 0 saturated carbocycles. The number of ether oxygens (including phenoxy) is 1. The molecule has 0 N–H and O–H groups in total. The Hall–Kier alpha value is -1.69. The van der Waals surface area contributed by atoms with Crippen LogP contribution in [0.15, 0.2) is 52.3 Å². The number of morpholine rings is 1. The van der Waals surface area contributed by atoms with Crippen molar-refractivity contribution in [1.29, 1.82) is 0 Å². The number of carbonyl (C=O) groups is 1. The van der Waals surface area contributed by atoms with Crippen molar-refractivity contribution in [1.82, 2.24) is 9.88 Å². The summed E-state index contributed by atoms with van der Waals surface area (Å²) in [6.07, 6.45) is 2.01. The van der Waals surface area contributed by atoms with E-state index in [1.54, 1.807) is 35.7 Å². The number of para-hydroxylation sites is 1. The van der Waals surface area contributed by atoms with Gasteiger partial charge in [0.05, 0.1) is 34.1 Å². The highest BCUT2D eigenvalue weighted by Crippen LogP contribution is 2.34. The van der Waals surface area contributed by atoms with Gasteiger partial charge in [-0.05, 0) is 36.6 Å². The van der Waals surface area contributed by atoms with E-state index in [1.807, 2.05) is 24.5 Å². The molecule has 1 aliphatic heterocycles. The monoisotopic (exact) mass is 541 g/mol. The van der Waals surface area contributed by atoms with Gasteiger partial charge in [-0.2, -0.15) is 0 Å². The van der Waals surface area contributed by atoms with Crippen LogP contribution in [-0.2, 0) is 14.6 Å². The van der Waals surface area contributed by atoms with E-state index in [4.69, 9.17) is 9.72 Å². The molecule has 0 bridgehead atoms. The molecule has 1 aromatic heterocycles. The SMILES string of the molecule is CCS(=O)(=O)c1cccc(C(=O)N(CCN2CCOCC2)c2nc3c(SC)cccc3s2)c1.Cl. The van der Waals surface area contributed by atoms with Crippen LogP contribution in [-0.4, -0.2) is 75.6 Å². The maximum Gasteiger partial charge on any atom is 0.260 e. The number of hydrogen-bond acceptors (Lipinski definition) is 8. The van der Waals surface area contributed by atoms with E-state index in [0.29, 0.717) is 37.0 Å². The average molecular weight is 542 g/mol. The Labute approximate surface area is 214 Å². The molecule has 184 valence electrons. The van der Waals surface area contributed by atoms with Crippen LogP contribution in [0.2, 0.25) is 0 Å². The lowest BCUT2D eigenvalue weighted by molar-refractivity contribution is 0.0391. The van der Waals surface area contributed by atoms with Crippen molar-refractivity contribution >= 4 is 66.6 Å². The van der Waals surface area contributed by atoms with Crippen LogP contribution in [0.3, 0.4) is 0 Å². The average Bonchev–Trinajstić information content (AvgIpc) is 3.29. The fourth-order valence-electron chi connectivity index (χ4n) is 3.69. The number of hydrogen-bond donors (Lipinski definition) is 0. The Morgan fingerprint density at radius 3 is 2.65 bits per heavy atom. The van der Waals surface area contributed by atoms with Gasteiger partial charge >= 0.3 is 0 Å². The Kier molecular flexibility index (Phi) is 9.36. The van der Waals surface area contributed by atoms with Crippen molar-refractivity contribution in [2.75, 3.05) is 56.3 Å². The van der Waals surface area contributed by atoms with E-state index in [9.17, 15) is 13.2 Å². The number of amides is 1. The van der Waals surface area contributed by atoms with Gasteiger partial charge in [-0.3, -0.25) is 14.6 Å². The van der Waals surface area contributed by atoms with Crippen LogP contribution in [0.25, 0.3) is 10.2 Å². The maximum atomic E-state index is 13.7. The summed E-state index contributed by atoms with van der Waals surface area (Å²) in [6, 6.07) is 12.3. The minimum Gasteiger partial charge on any atom is -0.379 e. The molecule has 0 spiro atoms. The fourth-order valence-corrected chi connectivity index (χ4v) is 6.26. The number of thioether (sulfide) groups is 1. The van der Waals surface area contributed by atoms with Crippen molar-refractivity contribution in [2.45, 2.75) is 16.7 Å². The van der Waals surface area contributed by atoms with Crippen LogP contribution in [0.4, 0.5) is 5.13 Å². The summed E-state index contributed by atoms with van der Waals surface area (Å²) in [5.74, 6) is -0.262. The molecule has 0 unspecified atom stereocenters. The Balaban J connectivity index is 0.00000324. The van der Waals surface area contributed by atoms with E-state index >= 15 is 0 Å². The second kappa shape index (κ2) is 11.8. The summed E-state index contributed by atoms with van der Waals surface area (Å²) in [7, 11) is -3.41. The van der Waals surface area contributed by atoms with Crippen molar-refractivity contribution in [3.63, 3.8) is 0 Å². The number of benzene rings is 2. The smallest absolute Gasteiger partial charge is 0.260 e. The lowest BCUT2D eigenvalue weighted by atomic mass is 10.2. The number of halogens is 1. The minimum atomic E-state index is -3.41. The van der Waals surface area contributed by atoms with E-state index in [0.717, 1.165) is 28.2 Å². The molecule has 1 amide bonds. The highest BCUT2D eigenvalue weighted by molar-refractivity contribution is 7.98. The topological polar surface area (TPSA) is 79.8 Å². The maximum absolute atomic E-state index is 13.7. The largest absolute Gasteiger partial charge is 0.379 e. The molecular weight excluding hydrogens is 514 g/mol. The zero-order chi connectivity index (χ0) is 23.4. The number of carbonyl (C=O) groups excluding carboxylic acids is 1. The first kappa shape index (κ1) is 26.9. The van der Waals surface area contributed by atoms with Gasteiger partial charge < -0.3 is 4.74 Å². The van der Waals surface area contributed by atoms with E-state index in [1.165, 1.54) is 23.5 Å². The first-order valence-corrected chi connectivity index (χ1v) is 14.5. The summed E-state index contributed by atoms with van der Waals surface area (Å²) in [5.41, 5.74) is 1.23. The third-order valence-corrected chi connectivity index (χ3v) is 9.18. The molecule has 0 radical (unpaired) electrons. The quantitative estimate of drug-likeness (QED) is 0.395. The molecule has 7 nitrogen and oxygen atoms in total. The summed E-state index contributed by atoms with van der Waals surface area (Å²) in [4.78, 5) is 23.7. The van der Waals surface area contributed by atoms with E-state index in [2.05, 4.69) is 4.90 Å². The molecule has 11 heteroatoms. The van der Waals surface area contributed by atoms with Gasteiger partial charge in [0.25, 0.3) is 5.91 Å². The molecule has 0 atom stereocenters. The number of thiazole rings is 1. The standard InChI is InChI=1S/C23H27N3O4S3.ClH/c1-3-33(28,29)18-7-4-6-17(16-18)22(27)26(11-10-25-12-14-30-15-13-25)23-24-21-19(31-2)8-5-9-20(21)32-23;/h4-9,16H,3,10-15H2,1-2H3;1H. The normalized spacial score (nSPS) is 14.6. The summed E-state index contributed by atoms with van der Waals surface area (Å²) in [6.45, 7) is 5.76. The second-order valence-electron chi connectivity index (χ2n) is 7.65. The molecule has 1 saturated heterocycles. The number of sulfone groups is 1. The summed E-state index contributed by atoms with van der Waals surface area (Å²) >= 11 is 3.10. The zero-order valence-electron chi connectivity index (χ0n) is 19.1. The van der Waals surface area contributed by atoms with Crippen molar-refractivity contribution in [2.24, 2.45) is 0 Å². The Morgan fingerprint density at radius 2 is 1.94 bits per heavy atom. The molecule has 34 heavy (non-hydrogen) atoms. The lowest BCUT2D eigenvalue weighted by Gasteiger charge is -2.29. The number of fused-ring (bicyclic) bond motifs is 1. The number of nitrogens with zero attached hydrogens (tertiary/aromatic N) is 3. The number of rotatable bonds is 8. The van der Waals surface area contributed by atoms with Gasteiger partial charge in [-0.15, -0.1) is 24.2 Å². The Morgan fingerprint density at radius 1 is 1.21 bits per heavy atom. The van der Waals surface area contributed by atoms with Crippen LogP contribution in [0.5, 0.6) is 0 Å². The summed E-state index contributed by atoms with van der Waals surface area (Å²) < 4.78 is 31.2. The highest BCUT2D eigenvalue weighted by atomic mass is 35.5. The van der Waals surface area contributed by atoms with Crippen LogP contribution in [0.1, 0.15) is 17.3 Å². The molecule has 1 aliphatic rings. The van der Waals surface area contributed by atoms with Crippen molar-refractivity contribution < 1.29 is 17.9 Å². The van der Waals surface area contributed by atoms with Crippen LogP contribution in [0, 0.1) is 0 Å². The van der Waals surface area contributed by atoms with Gasteiger partial charge in [0.2, 0.25) is 0 Å². The van der Waals surface area contributed by atoms with Gasteiger partial charge in [0.1, 0.15) is 0 Å². The third-order valence-electron chi connectivity index (χ3n) is 5.63. The third kappa shape index (κ3) is 5.92. The first-order chi connectivity index (χ1) is 15.9. The van der Waals surface area contributed by atoms with Crippen LogP contribution < -0.4 is 4.90 Å². The fraction of sp³-hybridized carbons (Fsp3) is 0.391. The second-order valence-corrected chi connectivity index (χ2v) is 11.8. The molecule has 2 heterocycles. The predicted molar refractivity (Wildman–Crippen MR) is 142 cm³/mol. The molecule has 3 aromatic rings. The first-order valence-electron chi connectivity index (χ1n) is 10.8. The van der Waals surface area contributed by atoms with E-state index in [-0.39, 0.29) is 29.0 Å². The zero-order valence-corrected chi connectivity index (χ0v) is 22.4. The highest BCUT2D eigenvalue weighted by Gasteiger charge is 2.24. The van der Waals surface area contributed by atoms with Gasteiger partial charge in [-0.25, -0.2) is 13.4 Å². The van der Waals surface area contributed by atoms with Gasteiger partial charge in [0.15, 0.2) is 15.0 Å². The molecule has 2 aromatic carbocycles. The molecule has 1 fully saturated rings. The predicted octanol–water partition coefficient (Wildman–Crippen LogP) is 4.21. The summed E-state index contributed by atoms with van der Waals surface area (Å²) in [5, 5.41) is 0.619. The van der Waals surface area contributed by atoms with Gasteiger partial charge in [0, 0.05) is 36.6 Å². The van der Waals surface area contributed by atoms with Gasteiger partial charge in [-0.1, -0.05) is 30.4 Å². The van der Waals surface area contributed by atoms with Crippen molar-refractivity contribution in [3.05, 3.63) is 48.0 Å². The molecule has 0 aliphatic carbocycles. The number of anilines is 1. The van der Waals surface area contributed by atoms with E-state index < -0.39 is 9.84 Å².